The number of fused-ring (bicyclic) bond motifs is 2. The van der Waals surface area contributed by atoms with Crippen molar-refractivity contribution in [3.8, 4) is 0 Å². The number of hydrogen-bond acceptors (Lipinski definition) is 3. The number of aryl methyl sites for hydroxylation is 1. The van der Waals surface area contributed by atoms with Crippen LogP contribution in [0.15, 0.2) is 90.6 Å². The molecule has 30 heavy (non-hydrogen) atoms. The minimum absolute atomic E-state index is 0.0949. The van der Waals surface area contributed by atoms with Crippen LogP contribution in [0.25, 0.3) is 0 Å². The molecule has 150 valence electrons. The maximum atomic E-state index is 13.5. The number of ketones is 1. The molecule has 0 saturated heterocycles. The molecule has 3 atom stereocenters. The Morgan fingerprint density at radius 1 is 0.833 bits per heavy atom. The first-order valence-corrected chi connectivity index (χ1v) is 10.7. The standard InChI is InChI=1S/C27H26N2O/c1-2-18-12-14-20(15-13-18)27-26-24(28-22-10-6-7-11-23(22)29-27)16-21(17-25(26)30)19-8-4-3-5-9-19/h3-16,21,26-29H,2,17H2,1H3. The second-order valence-corrected chi connectivity index (χ2v) is 8.18. The van der Waals surface area contributed by atoms with E-state index in [2.05, 4.69) is 72.2 Å². The van der Waals surface area contributed by atoms with Gasteiger partial charge in [-0.1, -0.05) is 79.7 Å². The van der Waals surface area contributed by atoms with E-state index in [1.807, 2.05) is 30.3 Å². The molecule has 3 heteroatoms. The van der Waals surface area contributed by atoms with Crippen molar-refractivity contribution in [2.75, 3.05) is 10.6 Å². The van der Waals surface area contributed by atoms with Crippen molar-refractivity contribution in [2.45, 2.75) is 31.7 Å². The van der Waals surface area contributed by atoms with E-state index in [9.17, 15) is 4.79 Å². The summed E-state index contributed by atoms with van der Waals surface area (Å²) in [4.78, 5) is 13.5. The number of carbonyl (C=O) groups excluding carboxylic acids is 1. The van der Waals surface area contributed by atoms with Gasteiger partial charge in [0.1, 0.15) is 5.78 Å². The van der Waals surface area contributed by atoms with E-state index in [1.54, 1.807) is 0 Å². The predicted octanol–water partition coefficient (Wildman–Crippen LogP) is 6.08. The molecule has 3 unspecified atom stereocenters. The van der Waals surface area contributed by atoms with Gasteiger partial charge in [0.2, 0.25) is 0 Å². The van der Waals surface area contributed by atoms with Crippen molar-refractivity contribution in [3.63, 3.8) is 0 Å². The number of hydrogen-bond donors (Lipinski definition) is 2. The van der Waals surface area contributed by atoms with Gasteiger partial charge in [0.25, 0.3) is 0 Å². The first kappa shape index (κ1) is 18.7. The first-order valence-electron chi connectivity index (χ1n) is 10.7. The predicted molar refractivity (Wildman–Crippen MR) is 123 cm³/mol. The van der Waals surface area contributed by atoms with Crippen LogP contribution in [0.5, 0.6) is 0 Å². The second-order valence-electron chi connectivity index (χ2n) is 8.18. The number of carbonyl (C=O) groups is 1. The maximum Gasteiger partial charge on any atom is 0.145 e. The van der Waals surface area contributed by atoms with E-state index in [-0.39, 0.29) is 23.7 Å². The molecule has 0 bridgehead atoms. The van der Waals surface area contributed by atoms with Crippen LogP contribution in [0.3, 0.4) is 0 Å². The van der Waals surface area contributed by atoms with Gasteiger partial charge in [-0.15, -0.1) is 0 Å². The third-order valence-corrected chi connectivity index (χ3v) is 6.31. The Kier molecular flexibility index (Phi) is 4.88. The SMILES string of the molecule is CCc1ccc(C2Nc3ccccc3NC3=CC(c4ccccc4)CC(=O)C32)cc1. The number of nitrogens with one attached hydrogen (secondary N) is 2. The fraction of sp³-hybridized carbons (Fsp3) is 0.222. The molecule has 3 aromatic rings. The first-order chi connectivity index (χ1) is 14.7. The molecule has 0 aromatic heterocycles. The number of benzene rings is 3. The van der Waals surface area contributed by atoms with Crippen LogP contribution in [-0.2, 0) is 11.2 Å². The van der Waals surface area contributed by atoms with Gasteiger partial charge in [0.05, 0.1) is 23.3 Å². The molecule has 0 radical (unpaired) electrons. The van der Waals surface area contributed by atoms with E-state index in [0.29, 0.717) is 6.42 Å². The van der Waals surface area contributed by atoms with Gasteiger partial charge in [-0.2, -0.15) is 0 Å². The summed E-state index contributed by atoms with van der Waals surface area (Å²) in [5.41, 5.74) is 6.69. The molecule has 2 aliphatic rings. The van der Waals surface area contributed by atoms with Crippen LogP contribution < -0.4 is 10.6 Å². The van der Waals surface area contributed by atoms with Crippen molar-refractivity contribution in [2.24, 2.45) is 5.92 Å². The lowest BCUT2D eigenvalue weighted by molar-refractivity contribution is -0.122. The molecule has 2 N–H and O–H groups in total. The molecule has 0 spiro atoms. The van der Waals surface area contributed by atoms with E-state index < -0.39 is 0 Å². The van der Waals surface area contributed by atoms with Crippen LogP contribution in [0.4, 0.5) is 11.4 Å². The molecular formula is C27H26N2O. The van der Waals surface area contributed by atoms with Gasteiger partial charge in [0, 0.05) is 18.0 Å². The molecule has 5 rings (SSSR count). The summed E-state index contributed by atoms with van der Waals surface area (Å²) >= 11 is 0. The highest BCUT2D eigenvalue weighted by Crippen LogP contribution is 2.44. The van der Waals surface area contributed by atoms with E-state index >= 15 is 0 Å². The fourth-order valence-corrected chi connectivity index (χ4v) is 4.66. The highest BCUT2D eigenvalue weighted by molar-refractivity contribution is 5.90. The lowest BCUT2D eigenvalue weighted by Crippen LogP contribution is -2.33. The van der Waals surface area contributed by atoms with Gasteiger partial charge < -0.3 is 10.6 Å². The summed E-state index contributed by atoms with van der Waals surface area (Å²) in [6, 6.07) is 27.1. The fourth-order valence-electron chi connectivity index (χ4n) is 4.66. The van der Waals surface area contributed by atoms with Crippen LogP contribution >= 0.6 is 0 Å². The summed E-state index contributed by atoms with van der Waals surface area (Å²) in [6.07, 6.45) is 3.80. The Balaban J connectivity index is 1.60. The number of rotatable bonds is 3. The Bertz CT molecular complexity index is 1090. The Hall–Kier alpha value is -3.33. The topological polar surface area (TPSA) is 41.1 Å². The average Bonchev–Trinajstić information content (AvgIpc) is 2.96. The zero-order valence-corrected chi connectivity index (χ0v) is 17.1. The van der Waals surface area contributed by atoms with Crippen LogP contribution in [-0.4, -0.2) is 5.78 Å². The molecule has 1 aliphatic heterocycles. The smallest absolute Gasteiger partial charge is 0.145 e. The number of Topliss-reactive ketones (excluding diaryl/α,β-unsaturated/α-hetero) is 1. The van der Waals surface area contributed by atoms with Crippen molar-refractivity contribution in [1.82, 2.24) is 0 Å². The molecule has 3 aromatic carbocycles. The van der Waals surface area contributed by atoms with E-state index in [1.165, 1.54) is 11.1 Å². The van der Waals surface area contributed by atoms with Crippen molar-refractivity contribution in [1.29, 1.82) is 0 Å². The highest BCUT2D eigenvalue weighted by atomic mass is 16.1. The van der Waals surface area contributed by atoms with Gasteiger partial charge in [-0.3, -0.25) is 4.79 Å². The van der Waals surface area contributed by atoms with Gasteiger partial charge in [-0.05, 0) is 35.2 Å². The number of anilines is 2. The minimum atomic E-state index is -0.232. The van der Waals surface area contributed by atoms with E-state index in [0.717, 1.165) is 29.1 Å². The largest absolute Gasteiger partial charge is 0.375 e. The van der Waals surface area contributed by atoms with Crippen molar-refractivity contribution < 1.29 is 4.79 Å². The zero-order chi connectivity index (χ0) is 20.5. The number of allylic oxidation sites excluding steroid dienone is 1. The number of para-hydroxylation sites is 2. The normalized spacial score (nSPS) is 22.6. The van der Waals surface area contributed by atoms with Gasteiger partial charge in [-0.25, -0.2) is 0 Å². The van der Waals surface area contributed by atoms with Crippen LogP contribution in [0.1, 0.15) is 42.0 Å². The summed E-state index contributed by atoms with van der Waals surface area (Å²) < 4.78 is 0. The third kappa shape index (κ3) is 3.41. The molecule has 0 saturated carbocycles. The molecular weight excluding hydrogens is 368 g/mol. The Labute approximate surface area is 177 Å². The van der Waals surface area contributed by atoms with Gasteiger partial charge >= 0.3 is 0 Å². The summed E-state index contributed by atoms with van der Waals surface area (Å²) in [6.45, 7) is 2.16. The molecule has 0 fully saturated rings. The lowest BCUT2D eigenvalue weighted by atomic mass is 9.76. The van der Waals surface area contributed by atoms with Crippen molar-refractivity contribution in [3.05, 3.63) is 107 Å². The zero-order valence-electron chi connectivity index (χ0n) is 17.1. The monoisotopic (exact) mass is 394 g/mol. The Morgan fingerprint density at radius 3 is 2.27 bits per heavy atom. The summed E-state index contributed by atoms with van der Waals surface area (Å²) in [7, 11) is 0. The highest BCUT2D eigenvalue weighted by Gasteiger charge is 2.39. The second kappa shape index (κ2) is 7.83. The average molecular weight is 395 g/mol. The summed E-state index contributed by atoms with van der Waals surface area (Å²) in [5.74, 6) is 0.148. The maximum absolute atomic E-state index is 13.5. The molecule has 3 nitrogen and oxygen atoms in total. The third-order valence-electron chi connectivity index (χ3n) is 6.31. The van der Waals surface area contributed by atoms with Crippen LogP contribution in [0, 0.1) is 5.92 Å². The quantitative estimate of drug-likeness (QED) is 0.565. The molecule has 0 amide bonds. The van der Waals surface area contributed by atoms with E-state index in [4.69, 9.17) is 0 Å². The van der Waals surface area contributed by atoms with Gasteiger partial charge in [0.15, 0.2) is 0 Å². The summed E-state index contributed by atoms with van der Waals surface area (Å²) in [5, 5.41) is 7.26. The molecule has 1 heterocycles. The lowest BCUT2D eigenvalue weighted by Gasteiger charge is -2.32. The van der Waals surface area contributed by atoms with Crippen molar-refractivity contribution >= 4 is 17.2 Å². The minimum Gasteiger partial charge on any atom is -0.375 e. The Morgan fingerprint density at radius 2 is 1.53 bits per heavy atom. The molecule has 1 aliphatic carbocycles. The van der Waals surface area contributed by atoms with Crippen LogP contribution in [0.2, 0.25) is 0 Å².